The number of carbonyl (C=O) groups is 1. The van der Waals surface area contributed by atoms with Crippen LogP contribution in [0, 0.1) is 11.6 Å². The van der Waals surface area contributed by atoms with Gasteiger partial charge in [-0.3, -0.25) is 4.79 Å². The summed E-state index contributed by atoms with van der Waals surface area (Å²) in [7, 11) is 3.97. The lowest BCUT2D eigenvalue weighted by atomic mass is 9.88. The van der Waals surface area contributed by atoms with E-state index in [9.17, 15) is 13.6 Å². The molecule has 2 nitrogen and oxygen atoms in total. The molecule has 0 spiro atoms. The number of carbonyl (C=O) groups excluding carboxylic acids is 1. The Balaban J connectivity index is 2.11. The zero-order valence-electron chi connectivity index (χ0n) is 13.3. The quantitative estimate of drug-likeness (QED) is 0.859. The summed E-state index contributed by atoms with van der Waals surface area (Å²) in [5, 5.41) is 0. The van der Waals surface area contributed by atoms with Crippen LogP contribution in [0.3, 0.4) is 0 Å². The van der Waals surface area contributed by atoms with Gasteiger partial charge in [0.25, 0.3) is 0 Å². The lowest BCUT2D eigenvalue weighted by Crippen LogP contribution is -2.17. The third-order valence-electron chi connectivity index (χ3n) is 4.40. The van der Waals surface area contributed by atoms with Crippen LogP contribution in [-0.4, -0.2) is 31.3 Å². The highest BCUT2D eigenvalue weighted by Crippen LogP contribution is 2.34. The van der Waals surface area contributed by atoms with Crippen molar-refractivity contribution in [2.24, 2.45) is 0 Å². The minimum absolute atomic E-state index is 0.0694. The van der Waals surface area contributed by atoms with E-state index >= 15 is 0 Å². The average molecular weight is 315 g/mol. The molecule has 1 aliphatic carbocycles. The summed E-state index contributed by atoms with van der Waals surface area (Å²) >= 11 is 0. The second-order valence-corrected chi connectivity index (χ2v) is 6.36. The van der Waals surface area contributed by atoms with Crippen LogP contribution >= 0.6 is 0 Å². The van der Waals surface area contributed by atoms with Gasteiger partial charge in [-0.25, -0.2) is 8.78 Å². The monoisotopic (exact) mass is 315 g/mol. The van der Waals surface area contributed by atoms with E-state index in [1.54, 1.807) is 6.07 Å². The van der Waals surface area contributed by atoms with Crippen LogP contribution in [0.2, 0.25) is 0 Å². The van der Waals surface area contributed by atoms with Gasteiger partial charge in [0.2, 0.25) is 0 Å². The fourth-order valence-corrected chi connectivity index (χ4v) is 3.23. The summed E-state index contributed by atoms with van der Waals surface area (Å²) in [4.78, 5) is 14.8. The predicted octanol–water partition coefficient (Wildman–Crippen LogP) is 3.79. The van der Waals surface area contributed by atoms with Crippen LogP contribution in [0.5, 0.6) is 0 Å². The minimum atomic E-state index is -0.422. The van der Waals surface area contributed by atoms with Crippen molar-refractivity contribution >= 4 is 5.78 Å². The van der Waals surface area contributed by atoms with E-state index in [4.69, 9.17) is 0 Å². The first kappa shape index (κ1) is 15.8. The van der Waals surface area contributed by atoms with Gasteiger partial charge in [-0.2, -0.15) is 0 Å². The molecule has 23 heavy (non-hydrogen) atoms. The second kappa shape index (κ2) is 6.20. The van der Waals surface area contributed by atoms with E-state index in [0.717, 1.165) is 18.5 Å². The zero-order valence-corrected chi connectivity index (χ0v) is 13.3. The van der Waals surface area contributed by atoms with Gasteiger partial charge in [0.05, 0.1) is 0 Å². The lowest BCUT2D eigenvalue weighted by molar-refractivity contribution is 0.103. The highest BCUT2D eigenvalue weighted by Gasteiger charge is 2.28. The smallest absolute Gasteiger partial charge is 0.193 e. The molecule has 2 aromatic carbocycles. The number of nitrogens with zero attached hydrogens (tertiary/aromatic N) is 1. The number of ketones is 1. The molecule has 0 aromatic heterocycles. The molecule has 0 saturated carbocycles. The fourth-order valence-electron chi connectivity index (χ4n) is 3.23. The van der Waals surface area contributed by atoms with Crippen molar-refractivity contribution in [1.29, 1.82) is 0 Å². The standard InChI is InChI=1S/C19H19F2NO/c1-22(2)8-7-12-9-13-10-14(20)4-6-17(13)19(23)18-11-15(21)3-5-16(12)18/h3-6,10-12H,7-9H2,1-2H3. The largest absolute Gasteiger partial charge is 0.309 e. The van der Waals surface area contributed by atoms with Gasteiger partial charge in [-0.1, -0.05) is 6.07 Å². The van der Waals surface area contributed by atoms with Gasteiger partial charge in [0, 0.05) is 11.1 Å². The summed E-state index contributed by atoms with van der Waals surface area (Å²) in [6.07, 6.45) is 1.42. The van der Waals surface area contributed by atoms with Gasteiger partial charge in [-0.15, -0.1) is 0 Å². The zero-order chi connectivity index (χ0) is 16.6. The van der Waals surface area contributed by atoms with Crippen molar-refractivity contribution < 1.29 is 13.6 Å². The Morgan fingerprint density at radius 2 is 1.74 bits per heavy atom. The van der Waals surface area contributed by atoms with E-state index in [1.165, 1.54) is 30.3 Å². The third-order valence-corrected chi connectivity index (χ3v) is 4.40. The van der Waals surface area contributed by atoms with E-state index in [-0.39, 0.29) is 17.5 Å². The molecule has 0 bridgehead atoms. The summed E-state index contributed by atoms with van der Waals surface area (Å²) in [6.45, 7) is 0.848. The average Bonchev–Trinajstić information content (AvgIpc) is 2.61. The van der Waals surface area contributed by atoms with Crippen LogP contribution in [-0.2, 0) is 6.42 Å². The van der Waals surface area contributed by atoms with Crippen molar-refractivity contribution in [3.8, 4) is 0 Å². The van der Waals surface area contributed by atoms with Gasteiger partial charge in [0.15, 0.2) is 5.78 Å². The maximum atomic E-state index is 13.7. The Labute approximate surface area is 134 Å². The molecule has 0 saturated heterocycles. The minimum Gasteiger partial charge on any atom is -0.309 e. The van der Waals surface area contributed by atoms with Crippen LogP contribution in [0.25, 0.3) is 0 Å². The molecule has 1 atom stereocenters. The van der Waals surface area contributed by atoms with Crippen molar-refractivity contribution in [1.82, 2.24) is 4.90 Å². The van der Waals surface area contributed by atoms with Gasteiger partial charge >= 0.3 is 0 Å². The second-order valence-electron chi connectivity index (χ2n) is 6.36. The normalized spacial score (nSPS) is 16.9. The van der Waals surface area contributed by atoms with Crippen molar-refractivity contribution in [3.05, 3.63) is 70.3 Å². The topological polar surface area (TPSA) is 20.3 Å². The van der Waals surface area contributed by atoms with Crippen LogP contribution in [0.1, 0.15) is 39.4 Å². The van der Waals surface area contributed by atoms with Gasteiger partial charge in [0.1, 0.15) is 11.6 Å². The van der Waals surface area contributed by atoms with E-state index < -0.39 is 5.82 Å². The first-order valence-electron chi connectivity index (χ1n) is 7.73. The first-order chi connectivity index (χ1) is 11.0. The SMILES string of the molecule is CN(C)CCC1Cc2cc(F)ccc2C(=O)c2cc(F)ccc21. The molecule has 2 aromatic rings. The molecular formula is C19H19F2NO. The summed E-state index contributed by atoms with van der Waals surface area (Å²) < 4.78 is 27.3. The van der Waals surface area contributed by atoms with E-state index in [0.29, 0.717) is 23.1 Å². The molecule has 0 heterocycles. The van der Waals surface area contributed by atoms with Crippen molar-refractivity contribution in [3.63, 3.8) is 0 Å². The van der Waals surface area contributed by atoms with E-state index in [1.807, 2.05) is 14.1 Å². The number of halogens is 2. The number of rotatable bonds is 3. The molecule has 0 amide bonds. The summed E-state index contributed by atoms with van der Waals surface area (Å²) in [6, 6.07) is 8.62. The molecule has 1 unspecified atom stereocenters. The van der Waals surface area contributed by atoms with Crippen LogP contribution < -0.4 is 0 Å². The Bertz CT molecular complexity index is 755. The molecule has 0 aliphatic heterocycles. The van der Waals surface area contributed by atoms with E-state index in [2.05, 4.69) is 4.90 Å². The number of fused-ring (bicyclic) bond motifs is 2. The van der Waals surface area contributed by atoms with Crippen LogP contribution in [0.15, 0.2) is 36.4 Å². The highest BCUT2D eigenvalue weighted by molar-refractivity contribution is 6.11. The van der Waals surface area contributed by atoms with Crippen molar-refractivity contribution in [2.45, 2.75) is 18.8 Å². The molecule has 4 heteroatoms. The maximum absolute atomic E-state index is 13.7. The highest BCUT2D eigenvalue weighted by atomic mass is 19.1. The van der Waals surface area contributed by atoms with Gasteiger partial charge in [-0.05, 0) is 80.9 Å². The number of hydrogen-bond acceptors (Lipinski definition) is 2. The maximum Gasteiger partial charge on any atom is 0.193 e. The van der Waals surface area contributed by atoms with Crippen molar-refractivity contribution in [2.75, 3.05) is 20.6 Å². The van der Waals surface area contributed by atoms with Crippen LogP contribution in [0.4, 0.5) is 8.78 Å². The predicted molar refractivity (Wildman–Crippen MR) is 85.8 cm³/mol. The molecule has 3 rings (SSSR count). The molecule has 0 radical (unpaired) electrons. The summed E-state index contributed by atoms with van der Waals surface area (Å²) in [5.74, 6) is -0.920. The lowest BCUT2D eigenvalue weighted by Gasteiger charge is -2.20. The molecular weight excluding hydrogens is 296 g/mol. The third kappa shape index (κ3) is 3.17. The van der Waals surface area contributed by atoms with Gasteiger partial charge < -0.3 is 4.90 Å². The molecule has 120 valence electrons. The Hall–Kier alpha value is -2.07. The molecule has 0 N–H and O–H groups in total. The molecule has 1 aliphatic rings. The fraction of sp³-hybridized carbons (Fsp3) is 0.316. The summed E-state index contributed by atoms with van der Waals surface area (Å²) in [5.41, 5.74) is 2.44. The Morgan fingerprint density at radius 1 is 1.04 bits per heavy atom. The number of hydrogen-bond donors (Lipinski definition) is 0. The Morgan fingerprint density at radius 3 is 2.48 bits per heavy atom. The Kier molecular flexibility index (Phi) is 4.26. The first-order valence-corrected chi connectivity index (χ1v) is 7.73. The molecule has 0 fully saturated rings. The number of benzene rings is 2.